The highest BCUT2D eigenvalue weighted by atomic mass is 32.2. The van der Waals surface area contributed by atoms with Gasteiger partial charge in [0.05, 0.1) is 0 Å². The molecule has 3 fully saturated rings. The van der Waals surface area contributed by atoms with E-state index in [2.05, 4.69) is 30.4 Å². The van der Waals surface area contributed by atoms with Crippen molar-refractivity contribution in [3.05, 3.63) is 0 Å². The second-order valence-corrected chi connectivity index (χ2v) is 6.20. The molecule has 0 aromatic heterocycles. The monoisotopic (exact) mass is 158 g/mol. The van der Waals surface area contributed by atoms with Gasteiger partial charge < -0.3 is 0 Å². The Balaban J connectivity index is 1.94. The van der Waals surface area contributed by atoms with Crippen molar-refractivity contribution in [1.29, 1.82) is 0 Å². The molecule has 4 atom stereocenters. The van der Waals surface area contributed by atoms with Crippen molar-refractivity contribution in [2.24, 2.45) is 0 Å². The van der Waals surface area contributed by atoms with Crippen molar-refractivity contribution in [2.75, 3.05) is 0 Å². The van der Waals surface area contributed by atoms with Gasteiger partial charge in [0.25, 0.3) is 0 Å². The summed E-state index contributed by atoms with van der Waals surface area (Å²) in [5, 5.41) is 3.30. The molecule has 1 saturated carbocycles. The van der Waals surface area contributed by atoms with Crippen LogP contribution in [0.25, 0.3) is 0 Å². The Morgan fingerprint density at radius 3 is 3.00 bits per heavy atom. The maximum absolute atomic E-state index is 2.36. The van der Waals surface area contributed by atoms with E-state index in [1.807, 2.05) is 0 Å². The SMILES string of the molecule is CCC12SC1CC1SC12. The van der Waals surface area contributed by atoms with E-state index in [4.69, 9.17) is 0 Å². The lowest BCUT2D eigenvalue weighted by atomic mass is 10.1. The van der Waals surface area contributed by atoms with Gasteiger partial charge in [-0.1, -0.05) is 6.92 Å². The van der Waals surface area contributed by atoms with Crippen LogP contribution in [0.15, 0.2) is 0 Å². The second-order valence-electron chi connectivity index (χ2n) is 3.25. The summed E-state index contributed by atoms with van der Waals surface area (Å²) in [4.78, 5) is 0. The molecule has 0 aromatic carbocycles. The van der Waals surface area contributed by atoms with Gasteiger partial charge in [-0.3, -0.25) is 0 Å². The van der Waals surface area contributed by atoms with Crippen LogP contribution in [-0.2, 0) is 0 Å². The zero-order chi connectivity index (χ0) is 6.06. The molecule has 0 spiro atoms. The molecule has 0 N–H and O–H groups in total. The predicted molar refractivity (Wildman–Crippen MR) is 44.2 cm³/mol. The number of rotatable bonds is 1. The fourth-order valence-corrected chi connectivity index (χ4v) is 5.98. The Labute approximate surface area is 64.2 Å². The zero-order valence-corrected chi connectivity index (χ0v) is 7.10. The number of fused-ring (bicyclic) bond motifs is 3. The summed E-state index contributed by atoms with van der Waals surface area (Å²) in [5.41, 5.74) is 0. The van der Waals surface area contributed by atoms with Crippen LogP contribution in [0.1, 0.15) is 19.8 Å². The summed E-state index contributed by atoms with van der Waals surface area (Å²) in [5.74, 6) is 0. The second kappa shape index (κ2) is 1.33. The summed E-state index contributed by atoms with van der Waals surface area (Å²) in [7, 11) is 0. The molecule has 3 aliphatic rings. The summed E-state index contributed by atoms with van der Waals surface area (Å²) < 4.78 is 0.815. The average molecular weight is 158 g/mol. The Kier molecular flexibility index (Phi) is 0.792. The summed E-state index contributed by atoms with van der Waals surface area (Å²) >= 11 is 4.49. The fraction of sp³-hybridized carbons (Fsp3) is 1.00. The van der Waals surface area contributed by atoms with Gasteiger partial charge in [-0.15, -0.1) is 11.8 Å². The molecule has 1 aliphatic carbocycles. The lowest BCUT2D eigenvalue weighted by Crippen LogP contribution is -2.14. The van der Waals surface area contributed by atoms with E-state index in [0.29, 0.717) is 0 Å². The van der Waals surface area contributed by atoms with E-state index in [9.17, 15) is 0 Å². The van der Waals surface area contributed by atoms with Crippen molar-refractivity contribution >= 4 is 23.5 Å². The molecule has 9 heavy (non-hydrogen) atoms. The predicted octanol–water partition coefficient (Wildman–Crippen LogP) is 2.14. The van der Waals surface area contributed by atoms with Crippen molar-refractivity contribution < 1.29 is 0 Å². The van der Waals surface area contributed by atoms with E-state index in [0.717, 1.165) is 20.5 Å². The average Bonchev–Trinajstić information content (AvgIpc) is 2.72. The smallest absolute Gasteiger partial charge is 0.0409 e. The minimum Gasteiger partial charge on any atom is -0.151 e. The third-order valence-corrected chi connectivity index (χ3v) is 6.51. The third-order valence-electron chi connectivity index (χ3n) is 2.91. The first-order chi connectivity index (χ1) is 4.37. The maximum Gasteiger partial charge on any atom is 0.0409 e. The molecule has 2 heteroatoms. The molecular formula is C7H10S2. The molecule has 50 valence electrons. The van der Waals surface area contributed by atoms with Gasteiger partial charge >= 0.3 is 0 Å². The number of hydrogen-bond acceptors (Lipinski definition) is 2. The molecule has 2 heterocycles. The van der Waals surface area contributed by atoms with Gasteiger partial charge in [-0.2, -0.15) is 11.8 Å². The molecule has 2 aliphatic heterocycles. The molecule has 0 nitrogen and oxygen atoms in total. The topological polar surface area (TPSA) is 0 Å². The van der Waals surface area contributed by atoms with Crippen LogP contribution in [0.2, 0.25) is 0 Å². The van der Waals surface area contributed by atoms with Crippen molar-refractivity contribution in [3.8, 4) is 0 Å². The van der Waals surface area contributed by atoms with E-state index in [-0.39, 0.29) is 0 Å². The zero-order valence-electron chi connectivity index (χ0n) is 5.46. The van der Waals surface area contributed by atoms with Gasteiger partial charge in [0.2, 0.25) is 0 Å². The fourth-order valence-electron chi connectivity index (χ4n) is 2.20. The van der Waals surface area contributed by atoms with Crippen molar-refractivity contribution in [3.63, 3.8) is 0 Å². The summed E-state index contributed by atoms with van der Waals surface area (Å²) in [6.07, 6.45) is 2.96. The van der Waals surface area contributed by atoms with E-state index in [1.54, 1.807) is 0 Å². The van der Waals surface area contributed by atoms with Crippen LogP contribution in [-0.4, -0.2) is 20.5 Å². The lowest BCUT2D eigenvalue weighted by molar-refractivity contribution is 0.698. The minimum atomic E-state index is 0.815. The summed E-state index contributed by atoms with van der Waals surface area (Å²) in [6.45, 7) is 2.36. The Hall–Kier alpha value is 0.700. The van der Waals surface area contributed by atoms with E-state index >= 15 is 0 Å². The Morgan fingerprint density at radius 1 is 1.67 bits per heavy atom. The third kappa shape index (κ3) is 0.474. The molecule has 0 radical (unpaired) electrons. The molecule has 2 saturated heterocycles. The van der Waals surface area contributed by atoms with Crippen LogP contribution < -0.4 is 0 Å². The first kappa shape index (κ1) is 5.36. The molecular weight excluding hydrogens is 148 g/mol. The minimum absolute atomic E-state index is 0.815. The van der Waals surface area contributed by atoms with Crippen molar-refractivity contribution in [1.82, 2.24) is 0 Å². The Morgan fingerprint density at radius 2 is 2.56 bits per heavy atom. The first-order valence-corrected chi connectivity index (χ1v) is 5.52. The van der Waals surface area contributed by atoms with Crippen LogP contribution in [0.3, 0.4) is 0 Å². The van der Waals surface area contributed by atoms with Gasteiger partial charge in [0, 0.05) is 20.5 Å². The number of thioether (sulfide) groups is 2. The highest BCUT2D eigenvalue weighted by molar-refractivity contribution is 8.14. The van der Waals surface area contributed by atoms with Gasteiger partial charge in [0.1, 0.15) is 0 Å². The van der Waals surface area contributed by atoms with Crippen LogP contribution >= 0.6 is 23.5 Å². The maximum atomic E-state index is 2.36. The standard InChI is InChI=1S/C7H10S2/c1-2-7-5(9-7)3-4-6(7)8-4/h4-6H,2-3H2,1H3. The lowest BCUT2D eigenvalue weighted by Gasteiger charge is -2.03. The van der Waals surface area contributed by atoms with Gasteiger partial charge in [-0.05, 0) is 12.8 Å². The van der Waals surface area contributed by atoms with Crippen molar-refractivity contribution in [2.45, 2.75) is 40.3 Å². The van der Waals surface area contributed by atoms with E-state index in [1.165, 1.54) is 12.8 Å². The molecule has 0 amide bonds. The van der Waals surface area contributed by atoms with Crippen LogP contribution in [0.4, 0.5) is 0 Å². The molecule has 0 aromatic rings. The first-order valence-electron chi connectivity index (χ1n) is 3.70. The van der Waals surface area contributed by atoms with Gasteiger partial charge in [0.15, 0.2) is 0 Å². The largest absolute Gasteiger partial charge is 0.151 e. The van der Waals surface area contributed by atoms with Crippen LogP contribution in [0, 0.1) is 0 Å². The molecule has 3 rings (SSSR count). The van der Waals surface area contributed by atoms with Gasteiger partial charge in [-0.25, -0.2) is 0 Å². The highest BCUT2D eigenvalue weighted by Crippen LogP contribution is 2.77. The van der Waals surface area contributed by atoms with E-state index < -0.39 is 0 Å². The molecule has 4 unspecified atom stereocenters. The highest BCUT2D eigenvalue weighted by Gasteiger charge is 2.73. The van der Waals surface area contributed by atoms with Crippen LogP contribution in [0.5, 0.6) is 0 Å². The molecule has 0 bridgehead atoms. The quantitative estimate of drug-likeness (QED) is 0.536. The normalized spacial score (nSPS) is 67.0. The number of hydrogen-bond donors (Lipinski definition) is 0. The summed E-state index contributed by atoms with van der Waals surface area (Å²) in [6, 6.07) is 0. The Bertz CT molecular complexity index is 164.